The van der Waals surface area contributed by atoms with E-state index in [-0.39, 0.29) is 23.1 Å². The van der Waals surface area contributed by atoms with E-state index in [1.54, 1.807) is 18.2 Å². The lowest BCUT2D eigenvalue weighted by molar-refractivity contribution is 0.0690. The molecule has 1 aliphatic rings. The van der Waals surface area contributed by atoms with Crippen LogP contribution in [0.15, 0.2) is 24.3 Å². The van der Waals surface area contributed by atoms with Gasteiger partial charge in [0.1, 0.15) is 0 Å². The molecule has 5 heteroatoms. The third-order valence-corrected chi connectivity index (χ3v) is 3.46. The molecule has 1 saturated heterocycles. The van der Waals surface area contributed by atoms with Gasteiger partial charge in [-0.25, -0.2) is 4.79 Å². The Balaban J connectivity index is 2.06. The quantitative estimate of drug-likeness (QED) is 0.859. The van der Waals surface area contributed by atoms with Crippen molar-refractivity contribution in [3.05, 3.63) is 35.4 Å². The van der Waals surface area contributed by atoms with Crippen molar-refractivity contribution in [2.75, 3.05) is 20.1 Å². The fourth-order valence-corrected chi connectivity index (χ4v) is 2.28. The van der Waals surface area contributed by atoms with Crippen LogP contribution in [0.1, 0.15) is 33.6 Å². The van der Waals surface area contributed by atoms with E-state index >= 15 is 0 Å². The molecular weight excluding hydrogens is 244 g/mol. The smallest absolute Gasteiger partial charge is 0.336 e. The minimum Gasteiger partial charge on any atom is -0.478 e. The van der Waals surface area contributed by atoms with Crippen LogP contribution < -0.4 is 5.32 Å². The Morgan fingerprint density at radius 3 is 2.37 bits per heavy atom. The average molecular weight is 262 g/mol. The Morgan fingerprint density at radius 1 is 1.21 bits per heavy atom. The first-order chi connectivity index (χ1) is 9.08. The summed E-state index contributed by atoms with van der Waals surface area (Å²) in [5.74, 6) is -1.37. The molecule has 0 radical (unpaired) electrons. The van der Waals surface area contributed by atoms with Crippen molar-refractivity contribution in [2.45, 2.75) is 18.9 Å². The van der Waals surface area contributed by atoms with Gasteiger partial charge in [0.15, 0.2) is 0 Å². The van der Waals surface area contributed by atoms with Crippen molar-refractivity contribution in [1.29, 1.82) is 0 Å². The molecule has 0 saturated carbocycles. The lowest BCUT2D eigenvalue weighted by Crippen LogP contribution is -2.43. The Morgan fingerprint density at radius 2 is 1.79 bits per heavy atom. The number of carboxylic acid groups (broad SMARTS) is 1. The van der Waals surface area contributed by atoms with Crippen molar-refractivity contribution < 1.29 is 14.7 Å². The summed E-state index contributed by atoms with van der Waals surface area (Å²) in [6.07, 6.45) is 1.80. The van der Waals surface area contributed by atoms with E-state index in [1.165, 1.54) is 6.07 Å². The van der Waals surface area contributed by atoms with Gasteiger partial charge in [0.05, 0.1) is 11.1 Å². The molecule has 2 N–H and O–H groups in total. The van der Waals surface area contributed by atoms with Gasteiger partial charge in [0.25, 0.3) is 5.91 Å². The summed E-state index contributed by atoms with van der Waals surface area (Å²) >= 11 is 0. The maximum Gasteiger partial charge on any atom is 0.336 e. The summed E-state index contributed by atoms with van der Waals surface area (Å²) in [6, 6.07) is 6.43. The summed E-state index contributed by atoms with van der Waals surface area (Å²) in [6.45, 7) is 1.90. The molecule has 1 aliphatic heterocycles. The molecule has 0 bridgehead atoms. The standard InChI is InChI=1S/C14H18N2O3/c1-16-8-6-10(7-9-16)15-13(17)11-4-2-3-5-12(11)14(18)19/h2-5,10H,6-9H2,1H3,(H,15,17)(H,18,19). The Kier molecular flexibility index (Phi) is 4.16. The molecule has 19 heavy (non-hydrogen) atoms. The zero-order chi connectivity index (χ0) is 13.8. The fourth-order valence-electron chi connectivity index (χ4n) is 2.28. The lowest BCUT2D eigenvalue weighted by Gasteiger charge is -2.29. The molecule has 1 fully saturated rings. The molecule has 1 heterocycles. The zero-order valence-corrected chi connectivity index (χ0v) is 10.9. The highest BCUT2D eigenvalue weighted by atomic mass is 16.4. The van der Waals surface area contributed by atoms with Gasteiger partial charge in [0, 0.05) is 6.04 Å². The van der Waals surface area contributed by atoms with Crippen LogP contribution in [0.3, 0.4) is 0 Å². The van der Waals surface area contributed by atoms with Gasteiger partial charge in [-0.05, 0) is 45.1 Å². The van der Waals surface area contributed by atoms with Crippen LogP contribution in [0.2, 0.25) is 0 Å². The normalized spacial score (nSPS) is 17.1. The molecule has 1 aromatic carbocycles. The predicted octanol–water partition coefficient (Wildman–Crippen LogP) is 1.21. The molecule has 0 atom stereocenters. The molecule has 2 rings (SSSR count). The van der Waals surface area contributed by atoms with Crippen LogP contribution in [0, 0.1) is 0 Å². The number of carbonyl (C=O) groups excluding carboxylic acids is 1. The Hall–Kier alpha value is -1.88. The topological polar surface area (TPSA) is 69.6 Å². The number of aromatic carboxylic acids is 1. The van der Waals surface area contributed by atoms with Gasteiger partial charge < -0.3 is 15.3 Å². The summed E-state index contributed by atoms with van der Waals surface area (Å²) in [5.41, 5.74) is 0.279. The minimum absolute atomic E-state index is 0.0490. The number of nitrogens with one attached hydrogen (secondary N) is 1. The van der Waals surface area contributed by atoms with Crippen LogP contribution in [0.25, 0.3) is 0 Å². The monoisotopic (exact) mass is 262 g/mol. The molecule has 102 valence electrons. The molecule has 1 aromatic rings. The first-order valence-electron chi connectivity index (χ1n) is 6.39. The van der Waals surface area contributed by atoms with Crippen molar-refractivity contribution in [1.82, 2.24) is 10.2 Å². The highest BCUT2D eigenvalue weighted by Crippen LogP contribution is 2.12. The number of nitrogens with zero attached hydrogens (tertiary/aromatic N) is 1. The number of amides is 1. The highest BCUT2D eigenvalue weighted by molar-refractivity contribution is 6.04. The van der Waals surface area contributed by atoms with Gasteiger partial charge in [-0.1, -0.05) is 12.1 Å². The lowest BCUT2D eigenvalue weighted by atomic mass is 10.0. The van der Waals surface area contributed by atoms with E-state index in [4.69, 9.17) is 5.11 Å². The largest absolute Gasteiger partial charge is 0.478 e. The minimum atomic E-state index is -1.07. The van der Waals surface area contributed by atoms with Gasteiger partial charge >= 0.3 is 5.97 Å². The number of benzene rings is 1. The van der Waals surface area contributed by atoms with Crippen LogP contribution in [0.4, 0.5) is 0 Å². The summed E-state index contributed by atoms with van der Waals surface area (Å²) < 4.78 is 0. The van der Waals surface area contributed by atoms with Crippen molar-refractivity contribution >= 4 is 11.9 Å². The van der Waals surface area contributed by atoms with Crippen LogP contribution in [-0.2, 0) is 0 Å². The number of piperidine rings is 1. The number of rotatable bonds is 3. The summed E-state index contributed by atoms with van der Waals surface area (Å²) in [5, 5.41) is 12.0. The second kappa shape index (κ2) is 5.84. The number of carbonyl (C=O) groups is 2. The van der Waals surface area contributed by atoms with E-state index in [9.17, 15) is 9.59 Å². The molecule has 0 spiro atoms. The maximum absolute atomic E-state index is 12.1. The Labute approximate surface area is 112 Å². The van der Waals surface area contributed by atoms with Crippen molar-refractivity contribution in [3.8, 4) is 0 Å². The SMILES string of the molecule is CN1CCC(NC(=O)c2ccccc2C(=O)O)CC1. The van der Waals surface area contributed by atoms with Gasteiger partial charge in [-0.3, -0.25) is 4.79 Å². The fraction of sp³-hybridized carbons (Fsp3) is 0.429. The van der Waals surface area contributed by atoms with Gasteiger partial charge in [-0.15, -0.1) is 0 Å². The van der Waals surface area contributed by atoms with E-state index in [0.717, 1.165) is 25.9 Å². The summed E-state index contributed by atoms with van der Waals surface area (Å²) in [4.78, 5) is 25.4. The molecular formula is C14H18N2O3. The molecule has 0 unspecified atom stereocenters. The number of carboxylic acids is 1. The first-order valence-corrected chi connectivity index (χ1v) is 6.39. The molecule has 0 aromatic heterocycles. The molecule has 1 amide bonds. The van der Waals surface area contributed by atoms with Crippen molar-refractivity contribution in [3.63, 3.8) is 0 Å². The predicted molar refractivity (Wildman–Crippen MR) is 71.4 cm³/mol. The van der Waals surface area contributed by atoms with E-state index in [0.29, 0.717) is 0 Å². The second-order valence-electron chi connectivity index (χ2n) is 4.90. The number of hydrogen-bond acceptors (Lipinski definition) is 3. The van der Waals surface area contributed by atoms with Crippen LogP contribution in [-0.4, -0.2) is 48.1 Å². The van der Waals surface area contributed by atoms with Crippen LogP contribution >= 0.6 is 0 Å². The van der Waals surface area contributed by atoms with Gasteiger partial charge in [0.2, 0.25) is 0 Å². The van der Waals surface area contributed by atoms with E-state index in [1.807, 2.05) is 0 Å². The molecule has 0 aliphatic carbocycles. The number of hydrogen-bond donors (Lipinski definition) is 2. The Bertz CT molecular complexity index is 479. The number of likely N-dealkylation sites (tertiary alicyclic amines) is 1. The van der Waals surface area contributed by atoms with E-state index in [2.05, 4.69) is 17.3 Å². The third kappa shape index (κ3) is 3.32. The van der Waals surface area contributed by atoms with E-state index < -0.39 is 5.97 Å². The first kappa shape index (κ1) is 13.5. The molecule has 5 nitrogen and oxygen atoms in total. The van der Waals surface area contributed by atoms with Crippen LogP contribution in [0.5, 0.6) is 0 Å². The average Bonchev–Trinajstić information content (AvgIpc) is 2.41. The van der Waals surface area contributed by atoms with Crippen molar-refractivity contribution in [2.24, 2.45) is 0 Å². The zero-order valence-electron chi connectivity index (χ0n) is 10.9. The highest BCUT2D eigenvalue weighted by Gasteiger charge is 2.21. The summed E-state index contributed by atoms with van der Waals surface area (Å²) in [7, 11) is 2.05. The maximum atomic E-state index is 12.1. The second-order valence-corrected chi connectivity index (χ2v) is 4.90. The van der Waals surface area contributed by atoms with Gasteiger partial charge in [-0.2, -0.15) is 0 Å². The third-order valence-electron chi connectivity index (χ3n) is 3.46.